The molecule has 0 aliphatic carbocycles. The number of carbonyl (C=O) groups excluding carboxylic acids is 1. The maximum atomic E-state index is 11.8. The van der Waals surface area contributed by atoms with Crippen molar-refractivity contribution in [2.24, 2.45) is 7.05 Å². The van der Waals surface area contributed by atoms with Crippen molar-refractivity contribution in [1.82, 2.24) is 9.13 Å². The van der Waals surface area contributed by atoms with Crippen LogP contribution in [0.2, 0.25) is 0 Å². The summed E-state index contributed by atoms with van der Waals surface area (Å²) >= 11 is 1.80. The van der Waals surface area contributed by atoms with Crippen LogP contribution in [0.25, 0.3) is 0 Å². The second-order valence-electron chi connectivity index (χ2n) is 3.99. The third-order valence-electron chi connectivity index (χ3n) is 2.62. The van der Waals surface area contributed by atoms with Crippen LogP contribution in [-0.2, 0) is 13.6 Å². The lowest BCUT2D eigenvalue weighted by Crippen LogP contribution is -2.40. The molecule has 100 valence electrons. The number of hydrogen-bond donors (Lipinski definition) is 0. The number of aromatic nitrogens is 2. The standard InChI is InChI=1S/C12H18N2O3S/c1-4-18-7-5-6-14-8-10(9(2)15)11(16)13(3)12(14)17/h8H,4-7H2,1-3H3. The molecule has 0 atom stereocenters. The second kappa shape index (κ2) is 6.58. The van der Waals surface area contributed by atoms with Crippen molar-refractivity contribution in [3.8, 4) is 0 Å². The van der Waals surface area contributed by atoms with Crippen LogP contribution in [0, 0.1) is 0 Å². The molecule has 5 nitrogen and oxygen atoms in total. The lowest BCUT2D eigenvalue weighted by atomic mass is 10.2. The summed E-state index contributed by atoms with van der Waals surface area (Å²) in [6.45, 7) is 3.94. The molecule has 0 saturated heterocycles. The Kier molecular flexibility index (Phi) is 5.40. The van der Waals surface area contributed by atoms with E-state index < -0.39 is 5.56 Å². The summed E-state index contributed by atoms with van der Waals surface area (Å²) in [6, 6.07) is 0. The average molecular weight is 270 g/mol. The highest BCUT2D eigenvalue weighted by Crippen LogP contribution is 2.02. The molecule has 0 radical (unpaired) electrons. The molecule has 6 heteroatoms. The zero-order valence-corrected chi connectivity index (χ0v) is 11.7. The average Bonchev–Trinajstić information content (AvgIpc) is 2.33. The van der Waals surface area contributed by atoms with Gasteiger partial charge >= 0.3 is 5.69 Å². The van der Waals surface area contributed by atoms with E-state index >= 15 is 0 Å². The summed E-state index contributed by atoms with van der Waals surface area (Å²) in [6.07, 6.45) is 2.22. The van der Waals surface area contributed by atoms with Gasteiger partial charge in [-0.25, -0.2) is 4.79 Å². The molecular weight excluding hydrogens is 252 g/mol. The van der Waals surface area contributed by atoms with Gasteiger partial charge in [-0.3, -0.25) is 18.7 Å². The number of thioether (sulfide) groups is 1. The zero-order chi connectivity index (χ0) is 13.7. The van der Waals surface area contributed by atoms with Gasteiger partial charge in [0.25, 0.3) is 5.56 Å². The molecule has 0 bridgehead atoms. The molecule has 1 aromatic rings. The summed E-state index contributed by atoms with van der Waals surface area (Å²) in [5, 5.41) is 0. The quantitative estimate of drug-likeness (QED) is 0.569. The van der Waals surface area contributed by atoms with Gasteiger partial charge in [-0.15, -0.1) is 0 Å². The SMILES string of the molecule is CCSCCCn1cc(C(C)=O)c(=O)n(C)c1=O. The van der Waals surface area contributed by atoms with Crippen LogP contribution < -0.4 is 11.2 Å². The first-order valence-electron chi connectivity index (χ1n) is 5.88. The van der Waals surface area contributed by atoms with Gasteiger partial charge in [-0.05, 0) is 24.9 Å². The van der Waals surface area contributed by atoms with Crippen molar-refractivity contribution in [3.63, 3.8) is 0 Å². The van der Waals surface area contributed by atoms with Gasteiger partial charge in [-0.1, -0.05) is 6.92 Å². The van der Waals surface area contributed by atoms with Gasteiger partial charge in [0.15, 0.2) is 5.78 Å². The number of nitrogens with zero attached hydrogens (tertiary/aromatic N) is 2. The van der Waals surface area contributed by atoms with Crippen molar-refractivity contribution in [2.45, 2.75) is 26.8 Å². The van der Waals surface area contributed by atoms with E-state index in [-0.39, 0.29) is 17.0 Å². The van der Waals surface area contributed by atoms with Crippen LogP contribution in [0.3, 0.4) is 0 Å². The lowest BCUT2D eigenvalue weighted by molar-refractivity contribution is 0.101. The second-order valence-corrected chi connectivity index (χ2v) is 5.38. The summed E-state index contributed by atoms with van der Waals surface area (Å²) in [5.74, 6) is 1.69. The largest absolute Gasteiger partial charge is 0.330 e. The lowest BCUT2D eigenvalue weighted by Gasteiger charge is -2.09. The van der Waals surface area contributed by atoms with Gasteiger partial charge in [-0.2, -0.15) is 11.8 Å². The Morgan fingerprint density at radius 2 is 2.06 bits per heavy atom. The fourth-order valence-electron chi connectivity index (χ4n) is 1.61. The molecule has 0 unspecified atom stereocenters. The van der Waals surface area contributed by atoms with Gasteiger partial charge in [0.05, 0.1) is 5.56 Å². The van der Waals surface area contributed by atoms with E-state index in [9.17, 15) is 14.4 Å². The van der Waals surface area contributed by atoms with Crippen molar-refractivity contribution in [3.05, 3.63) is 32.6 Å². The Labute approximate surface area is 110 Å². The van der Waals surface area contributed by atoms with Crippen molar-refractivity contribution < 1.29 is 4.79 Å². The summed E-state index contributed by atoms with van der Waals surface area (Å²) < 4.78 is 2.43. The molecule has 0 aliphatic rings. The van der Waals surface area contributed by atoms with Crippen molar-refractivity contribution in [2.75, 3.05) is 11.5 Å². The molecule has 18 heavy (non-hydrogen) atoms. The van der Waals surface area contributed by atoms with E-state index in [1.165, 1.54) is 24.7 Å². The minimum Gasteiger partial charge on any atom is -0.300 e. The third-order valence-corrected chi connectivity index (χ3v) is 3.61. The number of rotatable bonds is 6. The molecule has 0 aromatic carbocycles. The van der Waals surface area contributed by atoms with Gasteiger partial charge in [0.1, 0.15) is 0 Å². The fraction of sp³-hybridized carbons (Fsp3) is 0.583. The Morgan fingerprint density at radius 1 is 1.39 bits per heavy atom. The van der Waals surface area contributed by atoms with E-state index in [0.717, 1.165) is 22.5 Å². The highest BCUT2D eigenvalue weighted by atomic mass is 32.2. The van der Waals surface area contributed by atoms with E-state index in [1.54, 1.807) is 11.8 Å². The topological polar surface area (TPSA) is 61.1 Å². The predicted molar refractivity (Wildman–Crippen MR) is 73.6 cm³/mol. The number of Topliss-reactive ketones (excluding diaryl/α,β-unsaturated/α-hetero) is 1. The number of hydrogen-bond acceptors (Lipinski definition) is 4. The van der Waals surface area contributed by atoms with Crippen LogP contribution >= 0.6 is 11.8 Å². The minimum absolute atomic E-state index is 0.0697. The smallest absolute Gasteiger partial charge is 0.300 e. The van der Waals surface area contributed by atoms with Gasteiger partial charge < -0.3 is 0 Å². The first-order chi connectivity index (χ1) is 8.49. The Bertz CT molecular complexity index is 545. The summed E-state index contributed by atoms with van der Waals surface area (Å²) in [5.41, 5.74) is -0.821. The van der Waals surface area contributed by atoms with Crippen LogP contribution in [0.5, 0.6) is 0 Å². The highest BCUT2D eigenvalue weighted by molar-refractivity contribution is 7.99. The Hall–Kier alpha value is -1.30. The molecule has 0 amide bonds. The molecule has 1 rings (SSSR count). The van der Waals surface area contributed by atoms with Crippen LogP contribution in [0.4, 0.5) is 0 Å². The zero-order valence-electron chi connectivity index (χ0n) is 10.9. The number of carbonyl (C=O) groups is 1. The molecule has 1 heterocycles. The molecule has 0 saturated carbocycles. The molecule has 0 aliphatic heterocycles. The van der Waals surface area contributed by atoms with Crippen molar-refractivity contribution in [1.29, 1.82) is 0 Å². The first-order valence-corrected chi connectivity index (χ1v) is 7.03. The highest BCUT2D eigenvalue weighted by Gasteiger charge is 2.11. The predicted octanol–water partition coefficient (Wildman–Crippen LogP) is 0.893. The maximum Gasteiger partial charge on any atom is 0.330 e. The molecule has 1 aromatic heterocycles. The maximum absolute atomic E-state index is 11.8. The van der Waals surface area contributed by atoms with Gasteiger partial charge in [0, 0.05) is 19.8 Å². The number of ketones is 1. The third kappa shape index (κ3) is 3.35. The van der Waals surface area contributed by atoms with Gasteiger partial charge in [0.2, 0.25) is 0 Å². The molecular formula is C12H18N2O3S. The minimum atomic E-state index is -0.522. The Morgan fingerprint density at radius 3 is 2.61 bits per heavy atom. The molecule has 0 fully saturated rings. The van der Waals surface area contributed by atoms with E-state index in [0.29, 0.717) is 6.54 Å². The normalized spacial score (nSPS) is 10.6. The molecule has 0 N–H and O–H groups in total. The number of aryl methyl sites for hydroxylation is 1. The van der Waals surface area contributed by atoms with E-state index in [2.05, 4.69) is 6.92 Å². The van der Waals surface area contributed by atoms with Crippen LogP contribution in [0.1, 0.15) is 30.6 Å². The monoisotopic (exact) mass is 270 g/mol. The van der Waals surface area contributed by atoms with E-state index in [1.807, 2.05) is 0 Å². The summed E-state index contributed by atoms with van der Waals surface area (Å²) in [4.78, 5) is 34.8. The van der Waals surface area contributed by atoms with Crippen LogP contribution in [0.15, 0.2) is 15.8 Å². The first kappa shape index (κ1) is 14.8. The fourth-order valence-corrected chi connectivity index (χ4v) is 2.23. The Balaban J connectivity index is 3.02. The van der Waals surface area contributed by atoms with Crippen molar-refractivity contribution >= 4 is 17.5 Å². The van der Waals surface area contributed by atoms with Crippen LogP contribution in [-0.4, -0.2) is 26.4 Å². The molecule has 0 spiro atoms. The summed E-state index contributed by atoms with van der Waals surface area (Å²) in [7, 11) is 1.40. The van der Waals surface area contributed by atoms with E-state index in [4.69, 9.17) is 0 Å².